The molecule has 234 valence electrons. The molecule has 2 heterocycles. The van der Waals surface area contributed by atoms with E-state index in [9.17, 15) is 14.7 Å². The van der Waals surface area contributed by atoms with Crippen molar-refractivity contribution in [1.82, 2.24) is 15.3 Å². The first-order valence-corrected chi connectivity index (χ1v) is 16.0. The Bertz CT molecular complexity index is 1540. The molecule has 1 aromatic heterocycles. The van der Waals surface area contributed by atoms with Gasteiger partial charge < -0.3 is 25.0 Å². The van der Waals surface area contributed by atoms with Crippen LogP contribution in [0.15, 0.2) is 96.4 Å². The van der Waals surface area contributed by atoms with Crippen LogP contribution in [-0.4, -0.2) is 43.9 Å². The number of benzene rings is 3. The van der Waals surface area contributed by atoms with Crippen molar-refractivity contribution in [3.63, 3.8) is 0 Å². The number of hydrogen-bond acceptors (Lipinski definition) is 8. The first-order valence-electron chi connectivity index (χ1n) is 15.1. The lowest BCUT2D eigenvalue weighted by molar-refractivity contribution is -0.245. The smallest absolute Gasteiger partial charge is 0.303 e. The van der Waals surface area contributed by atoms with Gasteiger partial charge in [0.05, 0.1) is 18.8 Å². The number of amides is 1. The van der Waals surface area contributed by atoms with Gasteiger partial charge in [-0.05, 0) is 46.7 Å². The molecule has 0 bridgehead atoms. The van der Waals surface area contributed by atoms with Gasteiger partial charge in [-0.2, -0.15) is 0 Å². The summed E-state index contributed by atoms with van der Waals surface area (Å²) in [5.74, 6) is -0.266. The number of aliphatic carboxylic acids is 1. The van der Waals surface area contributed by atoms with Gasteiger partial charge in [-0.3, -0.25) is 9.59 Å². The third-order valence-electron chi connectivity index (χ3n) is 7.59. The minimum atomic E-state index is -0.845. The fourth-order valence-electron chi connectivity index (χ4n) is 5.17. The van der Waals surface area contributed by atoms with Gasteiger partial charge in [0.15, 0.2) is 11.4 Å². The molecule has 0 radical (unpaired) electrons. The highest BCUT2D eigenvalue weighted by Crippen LogP contribution is 2.39. The Kier molecular flexibility index (Phi) is 11.7. The summed E-state index contributed by atoms with van der Waals surface area (Å²) in [6, 6.07) is 25.7. The third kappa shape index (κ3) is 9.45. The molecule has 0 spiro atoms. The molecule has 45 heavy (non-hydrogen) atoms. The van der Waals surface area contributed by atoms with Crippen molar-refractivity contribution >= 4 is 23.6 Å². The zero-order valence-corrected chi connectivity index (χ0v) is 25.7. The van der Waals surface area contributed by atoms with Gasteiger partial charge in [0.25, 0.3) is 0 Å². The van der Waals surface area contributed by atoms with E-state index in [-0.39, 0.29) is 31.1 Å². The Morgan fingerprint density at radius 3 is 2.31 bits per heavy atom. The maximum absolute atomic E-state index is 12.3. The second kappa shape index (κ2) is 16.3. The van der Waals surface area contributed by atoms with E-state index in [1.807, 2.05) is 72.8 Å². The molecular weight excluding hydrogens is 590 g/mol. The number of carboxylic acid groups (broad SMARTS) is 1. The topological polar surface area (TPSA) is 131 Å². The first kappa shape index (κ1) is 32.3. The highest BCUT2D eigenvalue weighted by Gasteiger charge is 2.32. The summed E-state index contributed by atoms with van der Waals surface area (Å²) in [6.07, 6.45) is 4.67. The van der Waals surface area contributed by atoms with Crippen molar-refractivity contribution in [1.29, 1.82) is 0 Å². The number of aliphatic hydroxyl groups excluding tert-OH is 1. The zero-order chi connectivity index (χ0) is 31.4. The summed E-state index contributed by atoms with van der Waals surface area (Å²) in [5, 5.41) is 21.9. The molecule has 1 amide bonds. The largest absolute Gasteiger partial charge is 0.481 e. The minimum Gasteiger partial charge on any atom is -0.481 e. The second-order valence-electron chi connectivity index (χ2n) is 10.8. The van der Waals surface area contributed by atoms with E-state index < -0.39 is 12.3 Å². The van der Waals surface area contributed by atoms with Crippen LogP contribution in [0.2, 0.25) is 0 Å². The molecule has 3 N–H and O–H groups in total. The predicted molar refractivity (Wildman–Crippen MR) is 171 cm³/mol. The number of nitrogens with zero attached hydrogens (tertiary/aromatic N) is 2. The lowest BCUT2D eigenvalue weighted by Crippen LogP contribution is -2.31. The number of carbonyl (C=O) groups is 2. The maximum Gasteiger partial charge on any atom is 0.303 e. The van der Waals surface area contributed by atoms with Crippen LogP contribution in [0.5, 0.6) is 0 Å². The number of hydrogen-bond donors (Lipinski definition) is 3. The monoisotopic (exact) mass is 627 g/mol. The van der Waals surface area contributed by atoms with Crippen LogP contribution in [0, 0.1) is 0 Å². The number of nitrogens with one attached hydrogen (secondary N) is 1. The van der Waals surface area contributed by atoms with E-state index in [0.717, 1.165) is 33.4 Å². The molecule has 4 aromatic rings. The van der Waals surface area contributed by atoms with E-state index >= 15 is 0 Å². The van der Waals surface area contributed by atoms with Crippen molar-refractivity contribution in [2.24, 2.45) is 0 Å². The highest BCUT2D eigenvalue weighted by molar-refractivity contribution is 7.99. The Hall–Kier alpha value is -4.09. The Labute approximate surface area is 267 Å². The summed E-state index contributed by atoms with van der Waals surface area (Å²) in [5.41, 5.74) is 5.78. The SMILES string of the molecule is O=C(O)CCCCC(=O)NCc1ccccc1-c1ccc(C2OC(CSc3ncccn3)CC(c3ccc(CO)cc3)O2)cc1. The molecule has 3 atom stereocenters. The molecule has 1 aliphatic rings. The van der Waals surface area contributed by atoms with Crippen molar-refractivity contribution in [3.05, 3.63) is 114 Å². The zero-order valence-electron chi connectivity index (χ0n) is 24.9. The van der Waals surface area contributed by atoms with Gasteiger partial charge in [-0.1, -0.05) is 84.6 Å². The fraction of sp³-hybridized carbons (Fsp3) is 0.314. The lowest BCUT2D eigenvalue weighted by atomic mass is 9.97. The number of aliphatic hydroxyl groups is 1. The third-order valence-corrected chi connectivity index (χ3v) is 8.59. The average Bonchev–Trinajstić information content (AvgIpc) is 3.09. The van der Waals surface area contributed by atoms with Gasteiger partial charge in [-0.25, -0.2) is 9.97 Å². The van der Waals surface area contributed by atoms with E-state index in [1.54, 1.807) is 30.2 Å². The molecule has 1 aliphatic heterocycles. The number of thioether (sulfide) groups is 1. The average molecular weight is 628 g/mol. The number of carboxylic acids is 1. The van der Waals surface area contributed by atoms with Crippen molar-refractivity contribution in [2.75, 3.05) is 5.75 Å². The first-order chi connectivity index (χ1) is 22.0. The Morgan fingerprint density at radius 2 is 1.58 bits per heavy atom. The van der Waals surface area contributed by atoms with Crippen molar-refractivity contribution in [3.8, 4) is 11.1 Å². The molecule has 0 aliphatic carbocycles. The summed E-state index contributed by atoms with van der Waals surface area (Å²) >= 11 is 1.55. The normalized spacial score (nSPS) is 17.9. The number of carbonyl (C=O) groups excluding carboxylic acids is 1. The molecular formula is C35H37N3O6S. The quantitative estimate of drug-likeness (QED) is 0.0845. The number of ether oxygens (including phenoxy) is 2. The van der Waals surface area contributed by atoms with Crippen LogP contribution < -0.4 is 5.32 Å². The van der Waals surface area contributed by atoms with Gasteiger partial charge in [0.1, 0.15) is 0 Å². The van der Waals surface area contributed by atoms with Gasteiger partial charge in [0.2, 0.25) is 5.91 Å². The molecule has 0 saturated carbocycles. The molecule has 3 aromatic carbocycles. The van der Waals surface area contributed by atoms with Crippen LogP contribution >= 0.6 is 11.8 Å². The van der Waals surface area contributed by atoms with Crippen LogP contribution in [0.3, 0.4) is 0 Å². The summed E-state index contributed by atoms with van der Waals surface area (Å²) < 4.78 is 13.0. The lowest BCUT2D eigenvalue weighted by Gasteiger charge is -2.36. The molecule has 1 saturated heterocycles. The number of unbranched alkanes of at least 4 members (excludes halogenated alkanes) is 1. The van der Waals surface area contributed by atoms with Crippen LogP contribution in [0.4, 0.5) is 0 Å². The number of aromatic nitrogens is 2. The van der Waals surface area contributed by atoms with Gasteiger partial charge >= 0.3 is 5.97 Å². The Balaban J connectivity index is 1.27. The number of rotatable bonds is 14. The molecule has 9 nitrogen and oxygen atoms in total. The summed E-state index contributed by atoms with van der Waals surface area (Å²) in [7, 11) is 0. The minimum absolute atomic E-state index is 0.00960. The predicted octanol–water partition coefficient (Wildman–Crippen LogP) is 6.23. The highest BCUT2D eigenvalue weighted by atomic mass is 32.2. The summed E-state index contributed by atoms with van der Waals surface area (Å²) in [6.45, 7) is 0.371. The maximum atomic E-state index is 12.3. The van der Waals surface area contributed by atoms with Crippen LogP contribution in [0.25, 0.3) is 11.1 Å². The Morgan fingerprint density at radius 1 is 0.867 bits per heavy atom. The van der Waals surface area contributed by atoms with Gasteiger partial charge in [-0.15, -0.1) is 0 Å². The van der Waals surface area contributed by atoms with Gasteiger partial charge in [0, 0.05) is 49.5 Å². The van der Waals surface area contributed by atoms with E-state index in [1.165, 1.54) is 0 Å². The van der Waals surface area contributed by atoms with Crippen LogP contribution in [0.1, 0.15) is 66.8 Å². The van der Waals surface area contributed by atoms with Crippen molar-refractivity contribution < 1.29 is 29.3 Å². The van der Waals surface area contributed by atoms with Crippen molar-refractivity contribution in [2.45, 2.75) is 68.9 Å². The molecule has 1 fully saturated rings. The van der Waals surface area contributed by atoms with E-state index in [0.29, 0.717) is 43.1 Å². The molecule has 3 unspecified atom stereocenters. The van der Waals surface area contributed by atoms with Crippen LogP contribution in [-0.2, 0) is 32.2 Å². The van der Waals surface area contributed by atoms with E-state index in [2.05, 4.69) is 15.3 Å². The second-order valence-corrected chi connectivity index (χ2v) is 11.8. The fourth-order valence-corrected chi connectivity index (χ4v) is 5.99. The molecule has 5 rings (SSSR count). The van der Waals surface area contributed by atoms with E-state index in [4.69, 9.17) is 14.6 Å². The molecule has 10 heteroatoms. The summed E-state index contributed by atoms with van der Waals surface area (Å²) in [4.78, 5) is 31.7. The standard InChI is InChI=1S/C35H37N3O6S/c39-22-24-10-12-26(13-11-24)31-20-29(23-45-35-36-18-5-19-37-35)43-34(44-31)27-16-14-25(15-17-27)30-7-2-1-6-28(30)21-38-32(40)8-3-4-9-33(41)42/h1-2,5-7,10-19,29,31,34,39H,3-4,8-9,20-23H2,(H,38,40)(H,41,42).